The largest absolute Gasteiger partial charge is 0.491 e. The first-order chi connectivity index (χ1) is 27.4. The van der Waals surface area contributed by atoms with Gasteiger partial charge in [0.05, 0.1) is 34.7 Å². The van der Waals surface area contributed by atoms with Crippen LogP contribution in [0.25, 0.3) is 0 Å². The van der Waals surface area contributed by atoms with Gasteiger partial charge in [-0.25, -0.2) is 13.1 Å². The molecule has 2 saturated heterocycles. The summed E-state index contributed by atoms with van der Waals surface area (Å²) in [7, 11) is -4.46. The van der Waals surface area contributed by atoms with Crippen molar-refractivity contribution in [3.8, 4) is 5.75 Å². The highest BCUT2D eigenvalue weighted by molar-refractivity contribution is 8.00. The zero-order valence-electron chi connectivity index (χ0n) is 32.4. The van der Waals surface area contributed by atoms with E-state index in [2.05, 4.69) is 38.8 Å². The summed E-state index contributed by atoms with van der Waals surface area (Å²) in [5.74, 6) is 0.228. The predicted molar refractivity (Wildman–Crippen MR) is 217 cm³/mol. The molecule has 3 aliphatic heterocycles. The lowest BCUT2D eigenvalue weighted by Crippen LogP contribution is -2.58. The number of fused-ring (bicyclic) bond motifs is 1. The minimum atomic E-state index is -4.46. The highest BCUT2D eigenvalue weighted by Crippen LogP contribution is 2.54. The minimum Gasteiger partial charge on any atom is -0.491 e. The molecule has 3 aliphatic carbocycles. The van der Waals surface area contributed by atoms with Gasteiger partial charge in [-0.15, -0.1) is 11.8 Å². The zero-order chi connectivity index (χ0) is 39.5. The number of benzene rings is 3. The average Bonchev–Trinajstić information content (AvgIpc) is 4.05. The van der Waals surface area contributed by atoms with Crippen molar-refractivity contribution in [3.63, 3.8) is 0 Å². The lowest BCUT2D eigenvalue weighted by molar-refractivity contribution is -0.388. The van der Waals surface area contributed by atoms with Gasteiger partial charge < -0.3 is 19.5 Å². The minimum absolute atomic E-state index is 0.0530. The Kier molecular flexibility index (Phi) is 10.3. The Hall–Kier alpha value is -3.69. The molecular formula is C43H52N4O8S2. The van der Waals surface area contributed by atoms with Crippen molar-refractivity contribution in [2.24, 2.45) is 11.3 Å². The van der Waals surface area contributed by atoms with Gasteiger partial charge in [-0.1, -0.05) is 24.3 Å². The molecule has 0 radical (unpaired) electrons. The Morgan fingerprint density at radius 1 is 0.947 bits per heavy atom. The molecule has 9 rings (SSSR count). The Labute approximate surface area is 338 Å². The van der Waals surface area contributed by atoms with Crippen LogP contribution in [0, 0.1) is 21.4 Å². The van der Waals surface area contributed by atoms with E-state index in [1.807, 2.05) is 19.1 Å². The highest BCUT2D eigenvalue weighted by atomic mass is 32.2. The van der Waals surface area contributed by atoms with Crippen molar-refractivity contribution < 1.29 is 32.7 Å². The fraction of sp³-hybridized carbons (Fsp3) is 0.558. The Balaban J connectivity index is 0.802. The van der Waals surface area contributed by atoms with Gasteiger partial charge in [-0.2, -0.15) is 0 Å². The van der Waals surface area contributed by atoms with Crippen LogP contribution in [0.3, 0.4) is 0 Å². The molecule has 1 spiro atoms. The van der Waals surface area contributed by atoms with E-state index in [-0.39, 0.29) is 39.7 Å². The summed E-state index contributed by atoms with van der Waals surface area (Å²) in [6, 6.07) is 19.1. The van der Waals surface area contributed by atoms with Crippen LogP contribution in [0.5, 0.6) is 5.75 Å². The van der Waals surface area contributed by atoms with Gasteiger partial charge in [0, 0.05) is 54.3 Å². The van der Waals surface area contributed by atoms with E-state index in [1.165, 1.54) is 54.6 Å². The number of thioether (sulfide) groups is 1. The number of carbonyl (C=O) groups excluding carboxylic acids is 1. The molecule has 0 bridgehead atoms. The van der Waals surface area contributed by atoms with Crippen LogP contribution < -0.4 is 14.4 Å². The number of nitrogens with zero attached hydrogens (tertiary/aromatic N) is 3. The van der Waals surface area contributed by atoms with Gasteiger partial charge in [0.25, 0.3) is 21.6 Å². The van der Waals surface area contributed by atoms with Gasteiger partial charge in [-0.05, 0) is 124 Å². The van der Waals surface area contributed by atoms with E-state index in [9.17, 15) is 28.4 Å². The normalized spacial score (nSPS) is 27.9. The summed E-state index contributed by atoms with van der Waals surface area (Å²) >= 11 is 1.33. The molecule has 0 aromatic heterocycles. The second-order valence-corrected chi connectivity index (χ2v) is 20.5. The van der Waals surface area contributed by atoms with E-state index < -0.39 is 31.4 Å². The third kappa shape index (κ3) is 7.92. The molecule has 3 heterocycles. The van der Waals surface area contributed by atoms with E-state index in [0.717, 1.165) is 70.3 Å². The van der Waals surface area contributed by atoms with Crippen LogP contribution in [0.15, 0.2) is 70.5 Å². The van der Waals surface area contributed by atoms with Gasteiger partial charge in [-0.3, -0.25) is 19.8 Å². The molecule has 14 heteroatoms. The van der Waals surface area contributed by atoms with Crippen LogP contribution in [-0.4, -0.2) is 85.6 Å². The van der Waals surface area contributed by atoms with Crippen LogP contribution in [0.2, 0.25) is 0 Å². The maximum Gasteiger partial charge on any atom is 0.288 e. The molecule has 304 valence electrons. The number of nitrogens with one attached hydrogen (secondary N) is 1. The Bertz CT molecular complexity index is 2120. The SMILES string of the molecule is CC1(O)CCC([C@H]2COc3cc(S(=O)(=O)NC(=O)c4ccc(N5CCC6(CC5)CC(N5CCOC[C@H]5c5ccccc5C5CC5)C6)cc4)cc([N+](=O)[O-])c3S2)CC1. The number of rotatable bonds is 9. The van der Waals surface area contributed by atoms with Crippen molar-refractivity contribution >= 4 is 39.1 Å². The number of nitro benzene ring substituents is 1. The van der Waals surface area contributed by atoms with Crippen molar-refractivity contribution in [1.29, 1.82) is 0 Å². The molecule has 2 N–H and O–H groups in total. The number of sulfonamides is 1. The van der Waals surface area contributed by atoms with Crippen molar-refractivity contribution in [1.82, 2.24) is 9.62 Å². The first-order valence-corrected chi connectivity index (χ1v) is 22.9. The monoisotopic (exact) mass is 816 g/mol. The van der Waals surface area contributed by atoms with Gasteiger partial charge in [0.2, 0.25) is 0 Å². The molecule has 2 atom stereocenters. The quantitative estimate of drug-likeness (QED) is 0.167. The van der Waals surface area contributed by atoms with Crippen LogP contribution in [0.4, 0.5) is 11.4 Å². The highest BCUT2D eigenvalue weighted by Gasteiger charge is 2.50. The maximum absolute atomic E-state index is 13.5. The topological polar surface area (TPSA) is 152 Å². The summed E-state index contributed by atoms with van der Waals surface area (Å²) in [4.78, 5) is 29.8. The first-order valence-electron chi connectivity index (χ1n) is 20.6. The maximum atomic E-state index is 13.5. The van der Waals surface area contributed by atoms with Crippen LogP contribution in [0.1, 0.15) is 105 Å². The smallest absolute Gasteiger partial charge is 0.288 e. The number of carbonyl (C=O) groups is 1. The predicted octanol–water partition coefficient (Wildman–Crippen LogP) is 7.21. The Morgan fingerprint density at radius 3 is 2.33 bits per heavy atom. The lowest BCUT2D eigenvalue weighted by Gasteiger charge is -2.57. The molecule has 0 unspecified atom stereocenters. The molecule has 6 aliphatic rings. The number of amides is 1. The lowest BCUT2D eigenvalue weighted by atomic mass is 9.59. The van der Waals surface area contributed by atoms with Crippen LogP contribution >= 0.6 is 11.8 Å². The number of aliphatic hydroxyl groups is 1. The van der Waals surface area contributed by atoms with Crippen LogP contribution in [-0.2, 0) is 14.8 Å². The molecule has 57 heavy (non-hydrogen) atoms. The van der Waals surface area contributed by atoms with Crippen molar-refractivity contribution in [3.05, 3.63) is 87.5 Å². The molecular weight excluding hydrogens is 765 g/mol. The number of hydrogen-bond donors (Lipinski definition) is 2. The summed E-state index contributed by atoms with van der Waals surface area (Å²) in [5, 5.41) is 22.5. The number of piperidine rings is 1. The molecule has 3 saturated carbocycles. The first kappa shape index (κ1) is 38.8. The number of nitro groups is 1. The number of ether oxygens (including phenoxy) is 2. The van der Waals surface area contributed by atoms with Crippen molar-refractivity contribution in [2.45, 2.75) is 110 Å². The fourth-order valence-corrected chi connectivity index (χ4v) is 12.5. The van der Waals surface area contributed by atoms with Gasteiger partial charge >= 0.3 is 0 Å². The molecule has 1 amide bonds. The molecule has 3 aromatic rings. The number of hydrogen-bond acceptors (Lipinski definition) is 11. The third-order valence-corrected chi connectivity index (χ3v) is 16.5. The number of morpholine rings is 1. The second-order valence-electron chi connectivity index (χ2n) is 17.6. The molecule has 3 aromatic carbocycles. The van der Waals surface area contributed by atoms with E-state index in [1.54, 1.807) is 12.1 Å². The molecule has 5 fully saturated rings. The second kappa shape index (κ2) is 15.2. The summed E-state index contributed by atoms with van der Waals surface area (Å²) in [6.07, 6.45) is 10.1. The fourth-order valence-electron chi connectivity index (χ4n) is 10.1. The zero-order valence-corrected chi connectivity index (χ0v) is 34.1. The van der Waals surface area contributed by atoms with E-state index >= 15 is 0 Å². The van der Waals surface area contributed by atoms with Crippen molar-refractivity contribution in [2.75, 3.05) is 44.4 Å². The van der Waals surface area contributed by atoms with E-state index in [0.29, 0.717) is 36.3 Å². The molecule has 12 nitrogen and oxygen atoms in total. The standard InChI is InChI=1S/C43H52N4O8S2/c1-42(49)14-12-29(13-15-42)39-27-55-38-23-33(22-36(47(50)51)40(38)56-39)57(52,53)44-41(48)30-8-10-31(11-9-30)45-18-16-43(17-19-45)24-32(25-43)46-20-21-54-26-37(46)35-5-3-2-4-34(35)28-6-7-28/h2-5,8-11,22-23,28-29,32,37,39,49H,6-7,12-21,24-27H2,1H3,(H,44,48)/t29?,37-,39+,42?/m0/s1. The third-order valence-electron chi connectivity index (χ3n) is 13.7. The average molecular weight is 817 g/mol. The number of anilines is 1. The summed E-state index contributed by atoms with van der Waals surface area (Å²) < 4.78 is 41.0. The van der Waals surface area contributed by atoms with E-state index in [4.69, 9.17) is 9.47 Å². The summed E-state index contributed by atoms with van der Waals surface area (Å²) in [5.41, 5.74) is 3.42. The van der Waals surface area contributed by atoms with Gasteiger partial charge in [0.15, 0.2) is 0 Å². The summed E-state index contributed by atoms with van der Waals surface area (Å²) in [6.45, 7) is 6.47. The Morgan fingerprint density at radius 2 is 1.65 bits per heavy atom. The van der Waals surface area contributed by atoms with Gasteiger partial charge in [0.1, 0.15) is 17.3 Å².